The van der Waals surface area contributed by atoms with Crippen molar-refractivity contribution >= 4 is 16.8 Å². The lowest BCUT2D eigenvalue weighted by Crippen LogP contribution is -2.25. The van der Waals surface area contributed by atoms with Crippen molar-refractivity contribution in [1.29, 1.82) is 0 Å². The van der Waals surface area contributed by atoms with E-state index in [1.807, 2.05) is 12.1 Å². The third-order valence-electron chi connectivity index (χ3n) is 4.14. The van der Waals surface area contributed by atoms with Crippen molar-refractivity contribution in [3.63, 3.8) is 0 Å². The van der Waals surface area contributed by atoms with Gasteiger partial charge >= 0.3 is 0 Å². The molecule has 0 unspecified atom stereocenters. The topological polar surface area (TPSA) is 44.9 Å². The predicted octanol–water partition coefficient (Wildman–Crippen LogP) is 4.10. The molecule has 0 atom stereocenters. The Kier molecular flexibility index (Phi) is 4.09. The maximum absolute atomic E-state index is 12.2. The number of H-pyrrole nitrogens is 1. The lowest BCUT2D eigenvalue weighted by molar-refractivity contribution is 0.0950. The molecule has 1 aliphatic carbocycles. The highest BCUT2D eigenvalue weighted by atomic mass is 16.1. The van der Waals surface area contributed by atoms with Gasteiger partial charge in [-0.15, -0.1) is 0 Å². The number of benzene rings is 1. The summed E-state index contributed by atoms with van der Waals surface area (Å²) in [5.41, 5.74) is 4.36. The largest absolute Gasteiger partial charge is 0.351 e. The minimum absolute atomic E-state index is 0.0136. The first-order valence-electron chi connectivity index (χ1n) is 7.78. The van der Waals surface area contributed by atoms with Gasteiger partial charge in [-0.05, 0) is 56.7 Å². The average Bonchev–Trinajstić information content (AvgIpc) is 2.91. The van der Waals surface area contributed by atoms with E-state index in [2.05, 4.69) is 35.4 Å². The fraction of sp³-hybridized carbons (Fsp3) is 0.389. The Balaban J connectivity index is 1.60. The van der Waals surface area contributed by atoms with Crippen LogP contribution in [-0.2, 0) is 0 Å². The summed E-state index contributed by atoms with van der Waals surface area (Å²) in [7, 11) is 0. The van der Waals surface area contributed by atoms with Crippen LogP contribution in [0.3, 0.4) is 0 Å². The van der Waals surface area contributed by atoms with E-state index in [4.69, 9.17) is 0 Å². The predicted molar refractivity (Wildman–Crippen MR) is 86.5 cm³/mol. The Morgan fingerprint density at radius 2 is 2.19 bits per heavy atom. The molecule has 3 heteroatoms. The summed E-state index contributed by atoms with van der Waals surface area (Å²) in [5.74, 6) is -0.0136. The van der Waals surface area contributed by atoms with Crippen LogP contribution in [0.4, 0.5) is 0 Å². The Bertz CT molecular complexity index is 682. The first-order valence-corrected chi connectivity index (χ1v) is 7.78. The maximum atomic E-state index is 12.2. The van der Waals surface area contributed by atoms with Crippen LogP contribution in [-0.4, -0.2) is 17.4 Å². The fourth-order valence-corrected chi connectivity index (χ4v) is 2.93. The molecule has 1 heterocycles. The Morgan fingerprint density at radius 1 is 1.29 bits per heavy atom. The van der Waals surface area contributed by atoms with Gasteiger partial charge in [-0.3, -0.25) is 4.79 Å². The van der Waals surface area contributed by atoms with E-state index in [0.717, 1.165) is 23.9 Å². The SMILES string of the molecule is Cc1ccc2cc(C(=O)NCCC3=CCCCC3)[nH]c2c1. The zero-order chi connectivity index (χ0) is 14.7. The third-order valence-corrected chi connectivity index (χ3v) is 4.14. The molecule has 3 rings (SSSR count). The van der Waals surface area contributed by atoms with Gasteiger partial charge < -0.3 is 10.3 Å². The Morgan fingerprint density at radius 3 is 3.00 bits per heavy atom. The molecule has 3 nitrogen and oxygen atoms in total. The van der Waals surface area contributed by atoms with E-state index in [0.29, 0.717) is 5.69 Å². The molecule has 21 heavy (non-hydrogen) atoms. The first kappa shape index (κ1) is 13.9. The van der Waals surface area contributed by atoms with Crippen molar-refractivity contribution < 1.29 is 4.79 Å². The highest BCUT2D eigenvalue weighted by Crippen LogP contribution is 2.20. The molecular formula is C18H22N2O. The van der Waals surface area contributed by atoms with Gasteiger partial charge in [0.1, 0.15) is 5.69 Å². The zero-order valence-corrected chi connectivity index (χ0v) is 12.5. The molecule has 0 bridgehead atoms. The van der Waals surface area contributed by atoms with Gasteiger partial charge in [-0.1, -0.05) is 23.8 Å². The van der Waals surface area contributed by atoms with E-state index in [1.54, 1.807) is 0 Å². The lowest BCUT2D eigenvalue weighted by Gasteiger charge is -2.12. The lowest BCUT2D eigenvalue weighted by atomic mass is 9.97. The second-order valence-electron chi connectivity index (χ2n) is 5.89. The molecule has 2 N–H and O–H groups in total. The van der Waals surface area contributed by atoms with Crippen LogP contribution < -0.4 is 5.32 Å². The second-order valence-corrected chi connectivity index (χ2v) is 5.89. The van der Waals surface area contributed by atoms with Crippen LogP contribution in [0.5, 0.6) is 0 Å². The normalized spacial score (nSPS) is 15.0. The molecule has 0 fully saturated rings. The standard InChI is InChI=1S/C18H22N2O/c1-13-7-8-15-12-17(20-16(15)11-13)18(21)19-10-9-14-5-3-2-4-6-14/h5,7-8,11-12,20H,2-4,6,9-10H2,1H3,(H,19,21). The van der Waals surface area contributed by atoms with Gasteiger partial charge in [0.15, 0.2) is 0 Å². The molecule has 110 valence electrons. The molecule has 1 amide bonds. The van der Waals surface area contributed by atoms with Crippen molar-refractivity contribution in [2.75, 3.05) is 6.54 Å². The highest BCUT2D eigenvalue weighted by Gasteiger charge is 2.10. The molecular weight excluding hydrogens is 260 g/mol. The van der Waals surface area contributed by atoms with Crippen LogP contribution in [0.2, 0.25) is 0 Å². The van der Waals surface area contributed by atoms with Crippen molar-refractivity contribution in [2.45, 2.75) is 39.0 Å². The molecule has 0 spiro atoms. The van der Waals surface area contributed by atoms with E-state index >= 15 is 0 Å². The van der Waals surface area contributed by atoms with Crippen LogP contribution in [0, 0.1) is 6.92 Å². The maximum Gasteiger partial charge on any atom is 0.267 e. The summed E-state index contributed by atoms with van der Waals surface area (Å²) < 4.78 is 0. The molecule has 0 saturated carbocycles. The van der Waals surface area contributed by atoms with Gasteiger partial charge in [-0.2, -0.15) is 0 Å². The van der Waals surface area contributed by atoms with Crippen molar-refractivity contribution in [3.8, 4) is 0 Å². The zero-order valence-electron chi connectivity index (χ0n) is 12.5. The summed E-state index contributed by atoms with van der Waals surface area (Å²) >= 11 is 0. The molecule has 0 radical (unpaired) electrons. The average molecular weight is 282 g/mol. The minimum Gasteiger partial charge on any atom is -0.351 e. The first-order chi connectivity index (χ1) is 10.2. The van der Waals surface area contributed by atoms with Crippen molar-refractivity contribution in [3.05, 3.63) is 47.2 Å². The van der Waals surface area contributed by atoms with E-state index in [1.165, 1.54) is 36.8 Å². The third kappa shape index (κ3) is 3.35. The minimum atomic E-state index is -0.0136. The molecule has 1 aliphatic rings. The number of rotatable bonds is 4. The molecule has 0 aliphatic heterocycles. The smallest absolute Gasteiger partial charge is 0.267 e. The number of aromatic nitrogens is 1. The number of aryl methyl sites for hydroxylation is 1. The Labute approximate surface area is 125 Å². The monoisotopic (exact) mass is 282 g/mol. The van der Waals surface area contributed by atoms with Crippen LogP contribution in [0.25, 0.3) is 10.9 Å². The van der Waals surface area contributed by atoms with Crippen LogP contribution in [0.15, 0.2) is 35.9 Å². The summed E-state index contributed by atoms with van der Waals surface area (Å²) in [6.45, 7) is 2.77. The molecule has 2 aromatic rings. The number of amides is 1. The van der Waals surface area contributed by atoms with Gasteiger partial charge in [0.25, 0.3) is 5.91 Å². The van der Waals surface area contributed by atoms with Crippen LogP contribution >= 0.6 is 0 Å². The number of aromatic amines is 1. The van der Waals surface area contributed by atoms with E-state index in [9.17, 15) is 4.79 Å². The number of allylic oxidation sites excluding steroid dienone is 1. The second kappa shape index (κ2) is 6.17. The summed E-state index contributed by atoms with van der Waals surface area (Å²) in [5, 5.41) is 4.09. The number of nitrogens with one attached hydrogen (secondary N) is 2. The van der Waals surface area contributed by atoms with Crippen molar-refractivity contribution in [1.82, 2.24) is 10.3 Å². The quantitative estimate of drug-likeness (QED) is 0.815. The van der Waals surface area contributed by atoms with Crippen LogP contribution in [0.1, 0.15) is 48.2 Å². The summed E-state index contributed by atoms with van der Waals surface area (Å²) in [4.78, 5) is 15.4. The number of carbonyl (C=O) groups excluding carboxylic acids is 1. The number of hydrogen-bond donors (Lipinski definition) is 2. The van der Waals surface area contributed by atoms with Gasteiger partial charge in [0.05, 0.1) is 0 Å². The molecule has 0 saturated heterocycles. The molecule has 1 aromatic heterocycles. The summed E-state index contributed by atoms with van der Waals surface area (Å²) in [6, 6.07) is 8.10. The van der Waals surface area contributed by atoms with E-state index in [-0.39, 0.29) is 5.91 Å². The van der Waals surface area contributed by atoms with Gasteiger partial charge in [0, 0.05) is 17.4 Å². The number of hydrogen-bond acceptors (Lipinski definition) is 1. The molecule has 1 aromatic carbocycles. The highest BCUT2D eigenvalue weighted by molar-refractivity contribution is 5.98. The number of carbonyl (C=O) groups is 1. The van der Waals surface area contributed by atoms with Crippen molar-refractivity contribution in [2.24, 2.45) is 0 Å². The summed E-state index contributed by atoms with van der Waals surface area (Å²) in [6.07, 6.45) is 8.31. The van der Waals surface area contributed by atoms with Gasteiger partial charge in [-0.25, -0.2) is 0 Å². The Hall–Kier alpha value is -2.03. The van der Waals surface area contributed by atoms with Gasteiger partial charge in [0.2, 0.25) is 0 Å². The number of fused-ring (bicyclic) bond motifs is 1. The van der Waals surface area contributed by atoms with E-state index < -0.39 is 0 Å². The fourth-order valence-electron chi connectivity index (χ4n) is 2.93.